The minimum atomic E-state index is 0.749. The molecule has 2 N–H and O–H groups in total. The Hall–Kier alpha value is -1.08. The van der Waals surface area contributed by atoms with Crippen LogP contribution in [0.5, 0.6) is 0 Å². The van der Waals surface area contributed by atoms with Crippen molar-refractivity contribution in [3.8, 4) is 0 Å². The van der Waals surface area contributed by atoms with Crippen molar-refractivity contribution in [2.45, 2.75) is 26.2 Å². The lowest BCUT2D eigenvalue weighted by molar-refractivity contribution is 0.938. The second-order valence-corrected chi connectivity index (χ2v) is 3.97. The van der Waals surface area contributed by atoms with Gasteiger partial charge in [0.25, 0.3) is 0 Å². The Morgan fingerprint density at radius 1 is 1.36 bits per heavy atom. The molecule has 0 saturated carbocycles. The van der Waals surface area contributed by atoms with E-state index in [0.29, 0.717) is 0 Å². The van der Waals surface area contributed by atoms with Crippen LogP contribution in [0.2, 0.25) is 0 Å². The molecule has 1 heteroatoms. The van der Waals surface area contributed by atoms with Gasteiger partial charge in [-0.1, -0.05) is 29.8 Å². The first-order valence-corrected chi connectivity index (χ1v) is 5.30. The summed E-state index contributed by atoms with van der Waals surface area (Å²) in [4.78, 5) is 0. The van der Waals surface area contributed by atoms with Crippen LogP contribution in [0.15, 0.2) is 24.3 Å². The van der Waals surface area contributed by atoms with Crippen LogP contribution in [0.4, 0.5) is 0 Å². The van der Waals surface area contributed by atoms with E-state index in [1.165, 1.54) is 35.1 Å². The van der Waals surface area contributed by atoms with Gasteiger partial charge in [0.2, 0.25) is 0 Å². The topological polar surface area (TPSA) is 26.0 Å². The summed E-state index contributed by atoms with van der Waals surface area (Å²) < 4.78 is 0. The number of hydrogen-bond acceptors (Lipinski definition) is 1. The van der Waals surface area contributed by atoms with Crippen molar-refractivity contribution < 1.29 is 0 Å². The third kappa shape index (κ3) is 1.73. The van der Waals surface area contributed by atoms with E-state index < -0.39 is 0 Å². The lowest BCUT2D eigenvalue weighted by Gasteiger charge is -2.17. The molecule has 1 nitrogen and oxygen atoms in total. The molecule has 1 aliphatic rings. The fourth-order valence-corrected chi connectivity index (χ4v) is 2.11. The molecule has 0 saturated heterocycles. The summed E-state index contributed by atoms with van der Waals surface area (Å²) in [6.45, 7) is 2.90. The lowest BCUT2D eigenvalue weighted by Crippen LogP contribution is -2.05. The number of allylic oxidation sites excluding steroid dienone is 1. The molecule has 0 radical (unpaired) electrons. The monoisotopic (exact) mass is 187 g/mol. The van der Waals surface area contributed by atoms with Gasteiger partial charge in [0.1, 0.15) is 0 Å². The van der Waals surface area contributed by atoms with Crippen LogP contribution in [0.25, 0.3) is 5.57 Å². The fraction of sp³-hybridized carbons (Fsp3) is 0.385. The predicted molar refractivity (Wildman–Crippen MR) is 61.1 cm³/mol. The van der Waals surface area contributed by atoms with Crippen LogP contribution in [-0.4, -0.2) is 6.54 Å². The van der Waals surface area contributed by atoms with E-state index in [1.54, 1.807) is 0 Å². The third-order valence-electron chi connectivity index (χ3n) is 2.83. The fourth-order valence-electron chi connectivity index (χ4n) is 2.11. The average molecular weight is 187 g/mol. The van der Waals surface area contributed by atoms with Gasteiger partial charge in [-0.15, -0.1) is 0 Å². The molecule has 0 bridgehead atoms. The first-order valence-electron chi connectivity index (χ1n) is 5.30. The summed E-state index contributed by atoms with van der Waals surface area (Å²) in [5, 5.41) is 0. The maximum Gasteiger partial charge on any atom is -0.00366 e. The Labute approximate surface area is 85.6 Å². The van der Waals surface area contributed by atoms with Crippen LogP contribution in [0.3, 0.4) is 0 Å². The van der Waals surface area contributed by atoms with Crippen LogP contribution in [0.1, 0.15) is 29.5 Å². The van der Waals surface area contributed by atoms with E-state index in [-0.39, 0.29) is 0 Å². The first-order chi connectivity index (χ1) is 6.81. The Kier molecular flexibility index (Phi) is 2.69. The highest BCUT2D eigenvalue weighted by molar-refractivity contribution is 5.70. The molecule has 0 spiro atoms. The van der Waals surface area contributed by atoms with E-state index in [1.807, 2.05) is 0 Å². The zero-order valence-corrected chi connectivity index (χ0v) is 8.72. The van der Waals surface area contributed by atoms with Crippen LogP contribution in [-0.2, 0) is 6.42 Å². The van der Waals surface area contributed by atoms with Gasteiger partial charge in [0, 0.05) is 0 Å². The highest BCUT2D eigenvalue weighted by Crippen LogP contribution is 2.28. The molecule has 0 fully saturated rings. The second-order valence-electron chi connectivity index (χ2n) is 3.97. The van der Waals surface area contributed by atoms with Gasteiger partial charge < -0.3 is 5.73 Å². The van der Waals surface area contributed by atoms with E-state index in [4.69, 9.17) is 5.73 Å². The largest absolute Gasteiger partial charge is 0.330 e. The summed E-state index contributed by atoms with van der Waals surface area (Å²) in [6.07, 6.45) is 5.71. The van der Waals surface area contributed by atoms with Crippen molar-refractivity contribution in [2.75, 3.05) is 6.54 Å². The Balaban J connectivity index is 2.40. The summed E-state index contributed by atoms with van der Waals surface area (Å²) >= 11 is 0. The number of aryl methyl sites for hydroxylation is 2. The van der Waals surface area contributed by atoms with Crippen LogP contribution < -0.4 is 5.73 Å². The first kappa shape index (κ1) is 9.47. The summed E-state index contributed by atoms with van der Waals surface area (Å²) in [5.74, 6) is 0. The second kappa shape index (κ2) is 3.97. The van der Waals surface area contributed by atoms with Gasteiger partial charge in [-0.25, -0.2) is 0 Å². The minimum Gasteiger partial charge on any atom is -0.330 e. The van der Waals surface area contributed by atoms with Crippen molar-refractivity contribution in [3.63, 3.8) is 0 Å². The summed E-state index contributed by atoms with van der Waals surface area (Å²) in [7, 11) is 0. The Bertz CT molecular complexity index is 363. The van der Waals surface area contributed by atoms with Gasteiger partial charge in [0.05, 0.1) is 0 Å². The number of hydrogen-bond donors (Lipinski definition) is 1. The number of fused-ring (bicyclic) bond motifs is 1. The molecular weight excluding hydrogens is 170 g/mol. The van der Waals surface area contributed by atoms with Gasteiger partial charge in [-0.2, -0.15) is 0 Å². The molecule has 0 unspecified atom stereocenters. The van der Waals surface area contributed by atoms with Crippen molar-refractivity contribution >= 4 is 5.57 Å². The van der Waals surface area contributed by atoms with Crippen molar-refractivity contribution in [3.05, 3.63) is 41.0 Å². The van der Waals surface area contributed by atoms with Crippen LogP contribution >= 0.6 is 0 Å². The Morgan fingerprint density at radius 2 is 2.21 bits per heavy atom. The van der Waals surface area contributed by atoms with E-state index in [9.17, 15) is 0 Å². The maximum atomic E-state index is 5.61. The van der Waals surface area contributed by atoms with Gasteiger partial charge in [0.15, 0.2) is 0 Å². The highest BCUT2D eigenvalue weighted by atomic mass is 14.5. The molecule has 1 aromatic rings. The number of rotatable bonds is 2. The molecule has 14 heavy (non-hydrogen) atoms. The molecule has 1 aromatic carbocycles. The smallest absolute Gasteiger partial charge is 0.00366 e. The molecule has 0 aromatic heterocycles. The normalized spacial score (nSPS) is 14.9. The molecular formula is C13H17N. The summed E-state index contributed by atoms with van der Waals surface area (Å²) in [6, 6.07) is 6.74. The van der Waals surface area contributed by atoms with E-state index in [2.05, 4.69) is 31.2 Å². The lowest BCUT2D eigenvalue weighted by atomic mass is 9.88. The van der Waals surface area contributed by atoms with Gasteiger partial charge in [-0.05, 0) is 49.4 Å². The van der Waals surface area contributed by atoms with Crippen LogP contribution in [0, 0.1) is 6.92 Å². The van der Waals surface area contributed by atoms with E-state index >= 15 is 0 Å². The molecule has 0 atom stereocenters. The van der Waals surface area contributed by atoms with Gasteiger partial charge in [-0.3, -0.25) is 0 Å². The molecule has 2 rings (SSSR count). The molecule has 74 valence electrons. The Morgan fingerprint density at radius 3 is 3.00 bits per heavy atom. The quantitative estimate of drug-likeness (QED) is 0.757. The zero-order valence-electron chi connectivity index (χ0n) is 8.72. The number of benzene rings is 1. The maximum absolute atomic E-state index is 5.61. The molecule has 0 amide bonds. The minimum absolute atomic E-state index is 0.749. The SMILES string of the molecule is Cc1ccc2c(c1)C(CCN)=CCC2. The van der Waals surface area contributed by atoms with Crippen molar-refractivity contribution in [1.29, 1.82) is 0 Å². The van der Waals surface area contributed by atoms with Crippen molar-refractivity contribution in [2.24, 2.45) is 5.73 Å². The average Bonchev–Trinajstić information content (AvgIpc) is 2.19. The predicted octanol–water partition coefficient (Wildman–Crippen LogP) is 2.67. The molecule has 0 heterocycles. The zero-order chi connectivity index (χ0) is 9.97. The molecule has 0 aliphatic heterocycles. The molecule has 1 aliphatic carbocycles. The summed E-state index contributed by atoms with van der Waals surface area (Å²) in [5.41, 5.74) is 11.3. The van der Waals surface area contributed by atoms with Gasteiger partial charge >= 0.3 is 0 Å². The van der Waals surface area contributed by atoms with E-state index in [0.717, 1.165) is 13.0 Å². The van der Waals surface area contributed by atoms with Crippen molar-refractivity contribution in [1.82, 2.24) is 0 Å². The standard InChI is InChI=1S/C13H17N/c1-10-5-6-11-3-2-4-12(7-8-14)13(11)9-10/h4-6,9H,2-3,7-8,14H2,1H3. The third-order valence-corrected chi connectivity index (χ3v) is 2.83. The number of nitrogens with two attached hydrogens (primary N) is 1. The highest BCUT2D eigenvalue weighted by Gasteiger charge is 2.11.